The van der Waals surface area contributed by atoms with E-state index < -0.39 is 12.2 Å². The van der Waals surface area contributed by atoms with Crippen LogP contribution in [0.5, 0.6) is 0 Å². The Morgan fingerprint density at radius 2 is 0.796 bits per heavy atom. The number of nitrogens with zero attached hydrogens (tertiary/aromatic N) is 1. The largest absolute Gasteiger partial charge is 0.458 e. The molecule has 0 saturated carbocycles. The number of hydrogen-bond donors (Lipinski definition) is 0. The lowest BCUT2D eigenvalue weighted by Crippen LogP contribution is -2.35. The van der Waals surface area contributed by atoms with E-state index in [1.807, 2.05) is 0 Å². The van der Waals surface area contributed by atoms with E-state index in [1.165, 1.54) is 77.0 Å². The van der Waals surface area contributed by atoms with Crippen LogP contribution in [0.4, 0.5) is 0 Å². The monoisotopic (exact) mass is 688 g/mol. The highest BCUT2D eigenvalue weighted by Crippen LogP contribution is 2.21. The van der Waals surface area contributed by atoms with E-state index in [-0.39, 0.29) is 11.9 Å². The highest BCUT2D eigenvalue weighted by molar-refractivity contribution is 5.70. The fourth-order valence-electron chi connectivity index (χ4n) is 5.98. The van der Waals surface area contributed by atoms with E-state index in [4.69, 9.17) is 9.47 Å². The Bertz CT molecular complexity index is 818. The Labute approximate surface area is 305 Å². The van der Waals surface area contributed by atoms with Gasteiger partial charge in [-0.2, -0.15) is 0 Å². The van der Waals surface area contributed by atoms with Crippen molar-refractivity contribution < 1.29 is 19.1 Å². The first-order valence-corrected chi connectivity index (χ1v) is 20.9. The minimum absolute atomic E-state index is 0.154. The fourth-order valence-corrected chi connectivity index (χ4v) is 5.98. The number of unbranched alkanes of at least 4 members (excludes halogenated alkanes) is 17. The molecule has 286 valence electrons. The molecule has 0 aromatic rings. The molecule has 0 aromatic heterocycles. The summed E-state index contributed by atoms with van der Waals surface area (Å²) < 4.78 is 12.3. The molecule has 0 aromatic carbocycles. The third-order valence-electron chi connectivity index (χ3n) is 9.11. The van der Waals surface area contributed by atoms with Gasteiger partial charge in [0.15, 0.2) is 0 Å². The Balaban J connectivity index is 5.29. The summed E-state index contributed by atoms with van der Waals surface area (Å²) in [4.78, 5) is 28.4. The summed E-state index contributed by atoms with van der Waals surface area (Å²) in [6.07, 6.45) is 42.2. The summed E-state index contributed by atoms with van der Waals surface area (Å²) in [5.74, 6) is -0.317. The second-order valence-corrected chi connectivity index (χ2v) is 14.4. The van der Waals surface area contributed by atoms with Gasteiger partial charge < -0.3 is 14.4 Å². The molecule has 0 aliphatic heterocycles. The Morgan fingerprint density at radius 1 is 0.449 bits per heavy atom. The van der Waals surface area contributed by atoms with Crippen molar-refractivity contribution in [2.75, 3.05) is 20.6 Å². The third-order valence-corrected chi connectivity index (χ3v) is 9.11. The molecule has 2 atom stereocenters. The van der Waals surface area contributed by atoms with Crippen LogP contribution in [-0.4, -0.2) is 49.7 Å². The van der Waals surface area contributed by atoms with Crippen molar-refractivity contribution in [2.24, 2.45) is 0 Å². The lowest BCUT2D eigenvalue weighted by atomic mass is 10.0. The van der Waals surface area contributed by atoms with Gasteiger partial charge in [0.25, 0.3) is 0 Å². The van der Waals surface area contributed by atoms with E-state index in [9.17, 15) is 9.59 Å². The summed E-state index contributed by atoms with van der Waals surface area (Å²) >= 11 is 0. The van der Waals surface area contributed by atoms with Crippen LogP contribution in [0.15, 0.2) is 36.5 Å². The molecular weight excluding hydrogens is 606 g/mol. The van der Waals surface area contributed by atoms with E-state index in [0.717, 1.165) is 96.4 Å². The minimum Gasteiger partial charge on any atom is -0.458 e. The molecule has 0 N–H and O–H groups in total. The number of rotatable bonds is 36. The highest BCUT2D eigenvalue weighted by atomic mass is 16.6. The maximum atomic E-state index is 13.1. The highest BCUT2D eigenvalue weighted by Gasteiger charge is 2.28. The fraction of sp³-hybridized carbons (Fsp3) is 0.818. The standard InChI is InChI=1S/C44H81NO4/c1-6-9-12-15-18-21-24-27-31-36-41(48-43(46)38-33-29-26-23-20-17-14-11-8-3)42(37-32-28-25-22-19-16-13-10-7-2)49-44(47)39-34-30-35-40-45(4)5/h21-26,41-42H,6-20,27-40H2,1-5H3/b24-21-,25-22-,26-23-. The minimum atomic E-state index is -0.393. The van der Waals surface area contributed by atoms with Crippen LogP contribution < -0.4 is 0 Å². The van der Waals surface area contributed by atoms with E-state index in [0.29, 0.717) is 12.8 Å². The summed E-state index contributed by atoms with van der Waals surface area (Å²) in [5.41, 5.74) is 0. The van der Waals surface area contributed by atoms with Gasteiger partial charge in [0.1, 0.15) is 12.2 Å². The zero-order valence-corrected chi connectivity index (χ0v) is 33.2. The molecular formula is C44H81NO4. The normalized spacial score (nSPS) is 13.3. The Kier molecular flexibility index (Phi) is 35.9. The number of ether oxygens (including phenoxy) is 2. The zero-order chi connectivity index (χ0) is 36.0. The van der Waals surface area contributed by atoms with Crippen molar-refractivity contribution in [1.82, 2.24) is 4.90 Å². The number of carbonyl (C=O) groups excluding carboxylic acids is 2. The predicted octanol–water partition coefficient (Wildman–Crippen LogP) is 13.0. The first kappa shape index (κ1) is 47.1. The lowest BCUT2D eigenvalue weighted by Gasteiger charge is -2.27. The number of esters is 2. The van der Waals surface area contributed by atoms with Crippen LogP contribution in [0.3, 0.4) is 0 Å². The molecule has 0 aliphatic rings. The average molecular weight is 688 g/mol. The molecule has 0 aliphatic carbocycles. The first-order chi connectivity index (χ1) is 23.9. The molecule has 0 bridgehead atoms. The molecule has 2 unspecified atom stereocenters. The van der Waals surface area contributed by atoms with Crippen LogP contribution in [0, 0.1) is 0 Å². The molecule has 0 fully saturated rings. The molecule has 5 heteroatoms. The van der Waals surface area contributed by atoms with Gasteiger partial charge in [0.2, 0.25) is 0 Å². The van der Waals surface area contributed by atoms with Gasteiger partial charge >= 0.3 is 11.9 Å². The molecule has 0 rings (SSSR count). The average Bonchev–Trinajstić information content (AvgIpc) is 3.08. The third kappa shape index (κ3) is 34.4. The maximum absolute atomic E-state index is 13.1. The Morgan fingerprint density at radius 3 is 1.18 bits per heavy atom. The van der Waals surface area contributed by atoms with E-state index in [1.54, 1.807) is 0 Å². The van der Waals surface area contributed by atoms with Gasteiger partial charge in [0, 0.05) is 12.8 Å². The van der Waals surface area contributed by atoms with Gasteiger partial charge in [-0.25, -0.2) is 0 Å². The predicted molar refractivity (Wildman–Crippen MR) is 212 cm³/mol. The van der Waals surface area contributed by atoms with Crippen molar-refractivity contribution in [3.63, 3.8) is 0 Å². The van der Waals surface area contributed by atoms with Crippen LogP contribution in [0.25, 0.3) is 0 Å². The lowest BCUT2D eigenvalue weighted by molar-refractivity contribution is -0.169. The van der Waals surface area contributed by atoms with Gasteiger partial charge in [-0.05, 0) is 123 Å². The van der Waals surface area contributed by atoms with Crippen molar-refractivity contribution >= 4 is 11.9 Å². The summed E-state index contributed by atoms with van der Waals surface area (Å²) in [6, 6.07) is 0. The maximum Gasteiger partial charge on any atom is 0.306 e. The smallest absolute Gasteiger partial charge is 0.306 e. The topological polar surface area (TPSA) is 55.8 Å². The Hall–Kier alpha value is -1.88. The van der Waals surface area contributed by atoms with Crippen molar-refractivity contribution in [1.29, 1.82) is 0 Å². The summed E-state index contributed by atoms with van der Waals surface area (Å²) in [7, 11) is 4.16. The van der Waals surface area contributed by atoms with Gasteiger partial charge in [0.05, 0.1) is 0 Å². The van der Waals surface area contributed by atoms with Crippen LogP contribution in [-0.2, 0) is 19.1 Å². The van der Waals surface area contributed by atoms with Crippen LogP contribution in [0.2, 0.25) is 0 Å². The molecule has 5 nitrogen and oxygen atoms in total. The van der Waals surface area contributed by atoms with Gasteiger partial charge in [-0.3, -0.25) is 9.59 Å². The van der Waals surface area contributed by atoms with Crippen LogP contribution >= 0.6 is 0 Å². The SMILES string of the molecule is CCCCCC/C=C\CCCC(=O)OC(CCC/C=C\CCCCCC)C(CCC/C=C\CCCCCC)OC(=O)CCCCCN(C)C. The van der Waals surface area contributed by atoms with Gasteiger partial charge in [-0.1, -0.05) is 121 Å². The van der Waals surface area contributed by atoms with Crippen molar-refractivity contribution in [3.05, 3.63) is 36.5 Å². The van der Waals surface area contributed by atoms with Gasteiger partial charge in [-0.15, -0.1) is 0 Å². The molecule has 0 heterocycles. The first-order valence-electron chi connectivity index (χ1n) is 20.9. The second-order valence-electron chi connectivity index (χ2n) is 14.4. The molecule has 0 amide bonds. The zero-order valence-electron chi connectivity index (χ0n) is 33.2. The molecule has 0 radical (unpaired) electrons. The summed E-state index contributed by atoms with van der Waals surface area (Å²) in [5, 5.41) is 0. The van der Waals surface area contributed by atoms with E-state index in [2.05, 4.69) is 76.2 Å². The number of hydrogen-bond acceptors (Lipinski definition) is 5. The second kappa shape index (κ2) is 37.4. The molecule has 0 spiro atoms. The quantitative estimate of drug-likeness (QED) is 0.0373. The van der Waals surface area contributed by atoms with Crippen LogP contribution in [0.1, 0.15) is 201 Å². The van der Waals surface area contributed by atoms with E-state index >= 15 is 0 Å². The summed E-state index contributed by atoms with van der Waals surface area (Å²) in [6.45, 7) is 7.76. The molecule has 49 heavy (non-hydrogen) atoms. The molecule has 0 saturated heterocycles. The van der Waals surface area contributed by atoms with Crippen molar-refractivity contribution in [2.45, 2.75) is 213 Å². The van der Waals surface area contributed by atoms with Crippen molar-refractivity contribution in [3.8, 4) is 0 Å². The number of allylic oxidation sites excluding steroid dienone is 6. The number of carbonyl (C=O) groups is 2.